The summed E-state index contributed by atoms with van der Waals surface area (Å²) in [6, 6.07) is 8.21. The monoisotopic (exact) mass is 349 g/mol. The second kappa shape index (κ2) is 8.46. The number of rotatable bonds is 7. The third-order valence-corrected chi connectivity index (χ3v) is 3.56. The predicted molar refractivity (Wildman–Crippen MR) is 90.9 cm³/mol. The van der Waals surface area contributed by atoms with Crippen LogP contribution >= 0.6 is 0 Å². The van der Waals surface area contributed by atoms with Crippen molar-refractivity contribution in [2.45, 2.75) is 20.4 Å². The lowest BCUT2D eigenvalue weighted by Crippen LogP contribution is -2.26. The third-order valence-electron chi connectivity index (χ3n) is 3.56. The number of hydrogen-bond donors (Lipinski definition) is 0. The Hall–Kier alpha value is -2.63. The van der Waals surface area contributed by atoms with Crippen LogP contribution in [-0.2, 0) is 6.54 Å². The first-order valence-corrected chi connectivity index (χ1v) is 8.05. The lowest BCUT2D eigenvalue weighted by molar-refractivity contribution is 0.0783. The minimum Gasteiger partial charge on any atom is -0.490 e. The number of nitrogens with zero attached hydrogens (tertiary/aromatic N) is 1. The molecule has 2 aromatic carbocycles. The number of hydrogen-bond acceptors (Lipinski definition) is 3. The second-order valence-corrected chi connectivity index (χ2v) is 5.42. The van der Waals surface area contributed by atoms with Gasteiger partial charge in [-0.1, -0.05) is 6.07 Å². The number of ether oxygens (including phenoxy) is 2. The fraction of sp³-hybridized carbons (Fsp3) is 0.316. The van der Waals surface area contributed by atoms with Crippen molar-refractivity contribution in [2.75, 3.05) is 20.3 Å². The molecule has 0 fully saturated rings. The second-order valence-electron chi connectivity index (χ2n) is 5.42. The van der Waals surface area contributed by atoms with Gasteiger partial charge in [-0.25, -0.2) is 8.78 Å². The first-order valence-electron chi connectivity index (χ1n) is 8.05. The number of carbonyl (C=O) groups is 1. The van der Waals surface area contributed by atoms with E-state index in [-0.39, 0.29) is 18.0 Å². The van der Waals surface area contributed by atoms with Gasteiger partial charge >= 0.3 is 0 Å². The summed E-state index contributed by atoms with van der Waals surface area (Å²) in [6.07, 6.45) is 0. The molecule has 0 aliphatic heterocycles. The van der Waals surface area contributed by atoms with Gasteiger partial charge < -0.3 is 14.4 Å². The fourth-order valence-corrected chi connectivity index (χ4v) is 2.38. The van der Waals surface area contributed by atoms with Gasteiger partial charge in [-0.15, -0.1) is 0 Å². The highest BCUT2D eigenvalue weighted by atomic mass is 19.1. The van der Waals surface area contributed by atoms with E-state index in [1.54, 1.807) is 25.2 Å². The smallest absolute Gasteiger partial charge is 0.254 e. The summed E-state index contributed by atoms with van der Waals surface area (Å²) in [4.78, 5) is 13.9. The van der Waals surface area contributed by atoms with E-state index < -0.39 is 11.6 Å². The maximum absolute atomic E-state index is 13.8. The van der Waals surface area contributed by atoms with Gasteiger partial charge in [0.1, 0.15) is 11.6 Å². The largest absolute Gasteiger partial charge is 0.490 e. The Morgan fingerprint density at radius 1 is 1.00 bits per heavy atom. The molecule has 0 bridgehead atoms. The van der Waals surface area contributed by atoms with Crippen LogP contribution in [0, 0.1) is 11.6 Å². The molecule has 0 unspecified atom stereocenters. The molecule has 0 radical (unpaired) electrons. The molecular formula is C19H21F2NO3. The van der Waals surface area contributed by atoms with Crippen LogP contribution in [0.3, 0.4) is 0 Å². The number of carbonyl (C=O) groups excluding carboxylic acids is 1. The molecule has 4 nitrogen and oxygen atoms in total. The molecule has 0 saturated carbocycles. The van der Waals surface area contributed by atoms with E-state index in [1.807, 2.05) is 13.8 Å². The first kappa shape index (κ1) is 18.7. The Balaban J connectivity index is 2.19. The summed E-state index contributed by atoms with van der Waals surface area (Å²) in [5, 5.41) is 0. The molecule has 0 atom stereocenters. The summed E-state index contributed by atoms with van der Waals surface area (Å²) in [5.74, 6) is -0.582. The summed E-state index contributed by atoms with van der Waals surface area (Å²) < 4.78 is 37.7. The van der Waals surface area contributed by atoms with Crippen LogP contribution in [0.4, 0.5) is 8.78 Å². The van der Waals surface area contributed by atoms with E-state index in [4.69, 9.17) is 9.47 Å². The lowest BCUT2D eigenvalue weighted by Gasteiger charge is -2.19. The highest BCUT2D eigenvalue weighted by molar-refractivity contribution is 5.94. The first-order chi connectivity index (χ1) is 12.0. The van der Waals surface area contributed by atoms with E-state index in [0.717, 1.165) is 6.07 Å². The summed E-state index contributed by atoms with van der Waals surface area (Å²) in [6.45, 7) is 4.65. The predicted octanol–water partition coefficient (Wildman–Crippen LogP) is 4.03. The van der Waals surface area contributed by atoms with Crippen molar-refractivity contribution >= 4 is 5.91 Å². The third kappa shape index (κ3) is 4.68. The Bertz CT molecular complexity index is 749. The average Bonchev–Trinajstić information content (AvgIpc) is 2.58. The zero-order valence-corrected chi connectivity index (χ0v) is 14.5. The van der Waals surface area contributed by atoms with Crippen molar-refractivity contribution in [3.8, 4) is 11.5 Å². The van der Waals surface area contributed by atoms with E-state index in [1.165, 1.54) is 17.0 Å². The Labute approximate surface area is 146 Å². The minimum atomic E-state index is -0.679. The highest BCUT2D eigenvalue weighted by Gasteiger charge is 2.17. The van der Waals surface area contributed by atoms with Crippen LogP contribution in [-0.4, -0.2) is 31.1 Å². The molecule has 0 spiro atoms. The summed E-state index contributed by atoms with van der Waals surface area (Å²) >= 11 is 0. The molecule has 134 valence electrons. The average molecular weight is 349 g/mol. The summed E-state index contributed by atoms with van der Waals surface area (Å²) in [5.41, 5.74) is 0.644. The van der Waals surface area contributed by atoms with Crippen LogP contribution in [0.1, 0.15) is 29.8 Å². The van der Waals surface area contributed by atoms with E-state index >= 15 is 0 Å². The topological polar surface area (TPSA) is 38.8 Å². The molecule has 0 N–H and O–H groups in total. The van der Waals surface area contributed by atoms with Gasteiger partial charge in [-0.05, 0) is 38.1 Å². The Morgan fingerprint density at radius 3 is 2.32 bits per heavy atom. The number of halogens is 2. The quantitative estimate of drug-likeness (QED) is 0.757. The molecule has 6 heteroatoms. The molecule has 0 saturated heterocycles. The highest BCUT2D eigenvalue weighted by Crippen LogP contribution is 2.29. The van der Waals surface area contributed by atoms with Crippen molar-refractivity contribution in [1.82, 2.24) is 4.90 Å². The van der Waals surface area contributed by atoms with Crippen molar-refractivity contribution < 1.29 is 23.0 Å². The van der Waals surface area contributed by atoms with Gasteiger partial charge in [0.2, 0.25) is 0 Å². The maximum Gasteiger partial charge on any atom is 0.254 e. The maximum atomic E-state index is 13.8. The molecule has 0 heterocycles. The van der Waals surface area contributed by atoms with Gasteiger partial charge in [-0.2, -0.15) is 0 Å². The molecule has 0 aliphatic carbocycles. The van der Waals surface area contributed by atoms with Crippen LogP contribution in [0.2, 0.25) is 0 Å². The Morgan fingerprint density at radius 2 is 1.68 bits per heavy atom. The van der Waals surface area contributed by atoms with Gasteiger partial charge in [-0.3, -0.25) is 4.79 Å². The molecular weight excluding hydrogens is 328 g/mol. The fourth-order valence-electron chi connectivity index (χ4n) is 2.38. The van der Waals surface area contributed by atoms with Crippen molar-refractivity contribution in [3.05, 3.63) is 59.2 Å². The standard InChI is InChI=1S/C19H21F2NO3/c1-4-24-17-9-7-13(10-18(17)25-5-2)19(23)22(3)12-14-6-8-15(20)11-16(14)21/h6-11H,4-5,12H2,1-3H3. The molecule has 0 aromatic heterocycles. The molecule has 2 aromatic rings. The normalized spacial score (nSPS) is 10.4. The van der Waals surface area contributed by atoms with Gasteiger partial charge in [0, 0.05) is 30.8 Å². The number of amides is 1. The van der Waals surface area contributed by atoms with E-state index in [2.05, 4.69) is 0 Å². The van der Waals surface area contributed by atoms with Crippen molar-refractivity contribution in [2.24, 2.45) is 0 Å². The SMILES string of the molecule is CCOc1ccc(C(=O)N(C)Cc2ccc(F)cc2F)cc1OCC. The molecule has 1 amide bonds. The minimum absolute atomic E-state index is 0.0299. The lowest BCUT2D eigenvalue weighted by atomic mass is 10.1. The summed E-state index contributed by atoms with van der Waals surface area (Å²) in [7, 11) is 1.56. The van der Waals surface area contributed by atoms with Crippen molar-refractivity contribution in [1.29, 1.82) is 0 Å². The Kier molecular flexibility index (Phi) is 6.33. The van der Waals surface area contributed by atoms with Crippen LogP contribution in [0.25, 0.3) is 0 Å². The zero-order valence-electron chi connectivity index (χ0n) is 14.5. The van der Waals surface area contributed by atoms with E-state index in [9.17, 15) is 13.6 Å². The van der Waals surface area contributed by atoms with Gasteiger partial charge in [0.05, 0.1) is 13.2 Å². The zero-order chi connectivity index (χ0) is 18.4. The number of benzene rings is 2. The molecule has 0 aliphatic rings. The van der Waals surface area contributed by atoms with Crippen molar-refractivity contribution in [3.63, 3.8) is 0 Å². The van der Waals surface area contributed by atoms with Crippen LogP contribution in [0.5, 0.6) is 11.5 Å². The molecule has 2 rings (SSSR count). The molecule has 25 heavy (non-hydrogen) atoms. The van der Waals surface area contributed by atoms with E-state index in [0.29, 0.717) is 30.3 Å². The van der Waals surface area contributed by atoms with Crippen LogP contribution in [0.15, 0.2) is 36.4 Å². The van der Waals surface area contributed by atoms with Crippen LogP contribution < -0.4 is 9.47 Å². The van der Waals surface area contributed by atoms with Gasteiger partial charge in [0.25, 0.3) is 5.91 Å². The van der Waals surface area contributed by atoms with Gasteiger partial charge in [0.15, 0.2) is 11.5 Å².